The second kappa shape index (κ2) is 7.93. The third-order valence-corrected chi connectivity index (χ3v) is 4.41. The van der Waals surface area contributed by atoms with Crippen LogP contribution in [0, 0.1) is 0 Å². The molecule has 1 saturated heterocycles. The van der Waals surface area contributed by atoms with Gasteiger partial charge >= 0.3 is 0 Å². The van der Waals surface area contributed by atoms with E-state index in [0.29, 0.717) is 5.56 Å². The van der Waals surface area contributed by atoms with Crippen LogP contribution in [-0.4, -0.2) is 42.0 Å². The molecular weight excluding hydrogens is 302 g/mol. The lowest BCUT2D eigenvalue weighted by Gasteiger charge is -2.32. The maximum atomic E-state index is 12.2. The Morgan fingerprint density at radius 3 is 2.71 bits per heavy atom. The van der Waals surface area contributed by atoms with Crippen molar-refractivity contribution in [3.63, 3.8) is 0 Å². The van der Waals surface area contributed by atoms with Gasteiger partial charge in [0.1, 0.15) is 5.75 Å². The molecular formula is C19H23N3O2. The Morgan fingerprint density at radius 2 is 2.00 bits per heavy atom. The van der Waals surface area contributed by atoms with Crippen LogP contribution in [0.15, 0.2) is 48.8 Å². The zero-order chi connectivity index (χ0) is 16.8. The summed E-state index contributed by atoms with van der Waals surface area (Å²) in [4.78, 5) is 18.6. The standard InChI is InChI=1S/C19H23N3O2/c1-24-18-4-2-3-15(13-18)14-22-11-7-17(8-12-22)21-19(23)16-5-9-20-10-6-16/h2-6,9-10,13,17H,7-8,11-12,14H2,1H3,(H,21,23). The monoisotopic (exact) mass is 325 g/mol. The van der Waals surface area contributed by atoms with E-state index in [-0.39, 0.29) is 11.9 Å². The summed E-state index contributed by atoms with van der Waals surface area (Å²) in [6.45, 7) is 2.89. The number of carbonyl (C=O) groups is 1. The van der Waals surface area contributed by atoms with Crippen molar-refractivity contribution in [1.29, 1.82) is 0 Å². The van der Waals surface area contributed by atoms with Crippen LogP contribution in [0.3, 0.4) is 0 Å². The fourth-order valence-corrected chi connectivity index (χ4v) is 3.04. The summed E-state index contributed by atoms with van der Waals surface area (Å²) in [6, 6.07) is 11.9. The van der Waals surface area contributed by atoms with Gasteiger partial charge in [0.15, 0.2) is 0 Å². The van der Waals surface area contributed by atoms with E-state index < -0.39 is 0 Å². The van der Waals surface area contributed by atoms with Gasteiger partial charge in [-0.15, -0.1) is 0 Å². The summed E-state index contributed by atoms with van der Waals surface area (Å²) in [5.41, 5.74) is 1.93. The van der Waals surface area contributed by atoms with Crippen LogP contribution in [0.4, 0.5) is 0 Å². The van der Waals surface area contributed by atoms with Gasteiger partial charge < -0.3 is 10.1 Å². The SMILES string of the molecule is COc1cccc(CN2CCC(NC(=O)c3ccncc3)CC2)c1. The average Bonchev–Trinajstić information content (AvgIpc) is 2.64. The van der Waals surface area contributed by atoms with E-state index in [1.807, 2.05) is 12.1 Å². The van der Waals surface area contributed by atoms with Crippen LogP contribution in [-0.2, 0) is 6.54 Å². The molecule has 2 heterocycles. The van der Waals surface area contributed by atoms with Gasteiger partial charge in [0.25, 0.3) is 5.91 Å². The fourth-order valence-electron chi connectivity index (χ4n) is 3.04. The van der Waals surface area contributed by atoms with E-state index in [2.05, 4.69) is 27.3 Å². The van der Waals surface area contributed by atoms with Crippen molar-refractivity contribution in [2.75, 3.05) is 20.2 Å². The number of ether oxygens (including phenoxy) is 1. The van der Waals surface area contributed by atoms with Gasteiger partial charge in [0, 0.05) is 43.6 Å². The number of pyridine rings is 1. The normalized spacial score (nSPS) is 15.9. The molecule has 24 heavy (non-hydrogen) atoms. The van der Waals surface area contributed by atoms with Gasteiger partial charge in [0.05, 0.1) is 7.11 Å². The topological polar surface area (TPSA) is 54.5 Å². The van der Waals surface area contributed by atoms with Crippen LogP contribution >= 0.6 is 0 Å². The third-order valence-electron chi connectivity index (χ3n) is 4.41. The number of benzene rings is 1. The van der Waals surface area contributed by atoms with Gasteiger partial charge in [-0.1, -0.05) is 12.1 Å². The molecule has 0 spiro atoms. The van der Waals surface area contributed by atoms with E-state index in [1.54, 1.807) is 31.6 Å². The molecule has 0 bridgehead atoms. The first kappa shape index (κ1) is 16.5. The zero-order valence-electron chi connectivity index (χ0n) is 13.9. The summed E-state index contributed by atoms with van der Waals surface area (Å²) in [5, 5.41) is 3.12. The van der Waals surface area contributed by atoms with E-state index in [0.717, 1.165) is 38.2 Å². The summed E-state index contributed by atoms with van der Waals surface area (Å²) >= 11 is 0. The van der Waals surface area contributed by atoms with Crippen molar-refractivity contribution < 1.29 is 9.53 Å². The second-order valence-electron chi connectivity index (χ2n) is 6.11. The van der Waals surface area contributed by atoms with Gasteiger partial charge in [-0.3, -0.25) is 14.7 Å². The summed E-state index contributed by atoms with van der Waals surface area (Å²) < 4.78 is 5.28. The Labute approximate surface area is 142 Å². The van der Waals surface area contributed by atoms with Gasteiger partial charge in [-0.05, 0) is 42.7 Å². The minimum atomic E-state index is -0.0105. The highest BCUT2D eigenvalue weighted by molar-refractivity contribution is 5.94. The molecule has 5 heteroatoms. The number of piperidine rings is 1. The lowest BCUT2D eigenvalue weighted by molar-refractivity contribution is 0.0909. The molecule has 126 valence electrons. The van der Waals surface area contributed by atoms with Crippen LogP contribution in [0.2, 0.25) is 0 Å². The molecule has 0 aliphatic carbocycles. The van der Waals surface area contributed by atoms with Crippen molar-refractivity contribution in [2.24, 2.45) is 0 Å². The Balaban J connectivity index is 1.48. The largest absolute Gasteiger partial charge is 0.497 e. The minimum Gasteiger partial charge on any atom is -0.497 e. The van der Waals surface area contributed by atoms with Crippen LogP contribution in [0.1, 0.15) is 28.8 Å². The van der Waals surface area contributed by atoms with Gasteiger partial charge in [0.2, 0.25) is 0 Å². The van der Waals surface area contributed by atoms with Crippen molar-refractivity contribution in [3.8, 4) is 5.75 Å². The Kier molecular flexibility index (Phi) is 5.43. The number of hydrogen-bond donors (Lipinski definition) is 1. The predicted molar refractivity (Wildman–Crippen MR) is 93.0 cm³/mol. The van der Waals surface area contributed by atoms with E-state index >= 15 is 0 Å². The molecule has 0 atom stereocenters. The molecule has 3 rings (SSSR count). The van der Waals surface area contributed by atoms with Crippen molar-refractivity contribution in [3.05, 3.63) is 59.9 Å². The molecule has 1 fully saturated rings. The number of methoxy groups -OCH3 is 1. The first-order chi connectivity index (χ1) is 11.7. The van der Waals surface area contributed by atoms with Crippen molar-refractivity contribution >= 4 is 5.91 Å². The fraction of sp³-hybridized carbons (Fsp3) is 0.368. The van der Waals surface area contributed by atoms with Gasteiger partial charge in [-0.25, -0.2) is 0 Å². The van der Waals surface area contributed by atoms with E-state index in [9.17, 15) is 4.79 Å². The molecule has 1 aliphatic rings. The van der Waals surface area contributed by atoms with Gasteiger partial charge in [-0.2, -0.15) is 0 Å². The molecule has 0 unspecified atom stereocenters. The molecule has 1 N–H and O–H groups in total. The number of nitrogens with zero attached hydrogens (tertiary/aromatic N) is 2. The molecule has 1 aliphatic heterocycles. The van der Waals surface area contributed by atoms with Crippen LogP contribution < -0.4 is 10.1 Å². The van der Waals surface area contributed by atoms with Crippen molar-refractivity contribution in [1.82, 2.24) is 15.2 Å². The van der Waals surface area contributed by atoms with E-state index in [1.165, 1.54) is 5.56 Å². The number of amides is 1. The highest BCUT2D eigenvalue weighted by atomic mass is 16.5. The molecule has 1 aromatic carbocycles. The highest BCUT2D eigenvalue weighted by Crippen LogP contribution is 2.17. The Hall–Kier alpha value is -2.40. The lowest BCUT2D eigenvalue weighted by atomic mass is 10.0. The number of hydrogen-bond acceptors (Lipinski definition) is 4. The quantitative estimate of drug-likeness (QED) is 0.918. The Bertz CT molecular complexity index is 667. The summed E-state index contributed by atoms with van der Waals surface area (Å²) in [5.74, 6) is 0.885. The predicted octanol–water partition coefficient (Wildman–Crippen LogP) is 2.48. The summed E-state index contributed by atoms with van der Waals surface area (Å²) in [6.07, 6.45) is 5.24. The maximum absolute atomic E-state index is 12.2. The molecule has 5 nitrogen and oxygen atoms in total. The molecule has 0 saturated carbocycles. The molecule has 2 aromatic rings. The lowest BCUT2D eigenvalue weighted by Crippen LogP contribution is -2.44. The molecule has 0 radical (unpaired) electrons. The first-order valence-electron chi connectivity index (χ1n) is 8.31. The highest BCUT2D eigenvalue weighted by Gasteiger charge is 2.21. The minimum absolute atomic E-state index is 0.0105. The number of aromatic nitrogens is 1. The third kappa shape index (κ3) is 4.32. The van der Waals surface area contributed by atoms with Crippen LogP contribution in [0.5, 0.6) is 5.75 Å². The smallest absolute Gasteiger partial charge is 0.251 e. The molecule has 1 amide bonds. The number of carbonyl (C=O) groups excluding carboxylic acids is 1. The number of likely N-dealkylation sites (tertiary alicyclic amines) is 1. The van der Waals surface area contributed by atoms with E-state index in [4.69, 9.17) is 4.74 Å². The van der Waals surface area contributed by atoms with Crippen LogP contribution in [0.25, 0.3) is 0 Å². The maximum Gasteiger partial charge on any atom is 0.251 e. The zero-order valence-corrected chi connectivity index (χ0v) is 13.9. The number of nitrogens with one attached hydrogen (secondary N) is 1. The number of rotatable bonds is 5. The summed E-state index contributed by atoms with van der Waals surface area (Å²) in [7, 11) is 1.69. The van der Waals surface area contributed by atoms with Crippen molar-refractivity contribution in [2.45, 2.75) is 25.4 Å². The Morgan fingerprint density at radius 1 is 1.25 bits per heavy atom. The second-order valence-corrected chi connectivity index (χ2v) is 6.11. The first-order valence-corrected chi connectivity index (χ1v) is 8.31. The average molecular weight is 325 g/mol. The molecule has 1 aromatic heterocycles.